The summed E-state index contributed by atoms with van der Waals surface area (Å²) >= 11 is 1.13. The van der Waals surface area contributed by atoms with Crippen molar-refractivity contribution in [2.75, 3.05) is 13.7 Å². The van der Waals surface area contributed by atoms with Crippen LogP contribution in [0.3, 0.4) is 0 Å². The van der Waals surface area contributed by atoms with Crippen molar-refractivity contribution in [2.45, 2.75) is 58.1 Å². The van der Waals surface area contributed by atoms with Crippen molar-refractivity contribution in [1.29, 1.82) is 0 Å². The molecule has 0 radical (unpaired) electrons. The highest BCUT2D eigenvalue weighted by atomic mass is 79.9. The molecule has 2 aromatic rings. The molecule has 0 unspecified atom stereocenters. The van der Waals surface area contributed by atoms with Crippen molar-refractivity contribution < 1.29 is 26.9 Å². The summed E-state index contributed by atoms with van der Waals surface area (Å²) in [5.41, 5.74) is -0.108. The highest BCUT2D eigenvalue weighted by Crippen LogP contribution is 2.40. The largest absolute Gasteiger partial charge is 0.598 e. The maximum atomic E-state index is 14.3. The van der Waals surface area contributed by atoms with Gasteiger partial charge in [-0.15, -0.1) is 4.72 Å². The third-order valence-electron chi connectivity index (χ3n) is 4.51. The normalized spacial score (nSPS) is 15.6. The van der Waals surface area contributed by atoms with E-state index in [9.17, 15) is 22.1 Å². The first kappa shape index (κ1) is 25.5. The van der Waals surface area contributed by atoms with E-state index >= 15 is 0 Å². The van der Waals surface area contributed by atoms with Gasteiger partial charge >= 0.3 is 6.18 Å². The molecule has 1 aromatic carbocycles. The van der Waals surface area contributed by atoms with Crippen LogP contribution >= 0.6 is 15.9 Å². The molecule has 2 rings (SSSR count). The van der Waals surface area contributed by atoms with Gasteiger partial charge in [0.1, 0.15) is 10.6 Å². The molecule has 2 atom stereocenters. The molecule has 170 valence electrons. The van der Waals surface area contributed by atoms with Gasteiger partial charge in [0.25, 0.3) is 0 Å². The minimum atomic E-state index is -4.73. The van der Waals surface area contributed by atoms with E-state index < -0.39 is 34.1 Å². The van der Waals surface area contributed by atoms with Gasteiger partial charge < -0.3 is 13.9 Å². The maximum Gasteiger partial charge on any atom is 0.412 e. The summed E-state index contributed by atoms with van der Waals surface area (Å²) in [7, 11) is 1.55. The first-order chi connectivity index (χ1) is 13.6. The van der Waals surface area contributed by atoms with Gasteiger partial charge in [-0.1, -0.05) is 13.8 Å². The van der Waals surface area contributed by atoms with Gasteiger partial charge in [-0.05, 0) is 48.8 Å². The Bertz CT molecular complexity index is 894. The van der Waals surface area contributed by atoms with Gasteiger partial charge in [-0.3, -0.25) is 0 Å². The van der Waals surface area contributed by atoms with Gasteiger partial charge in [0.2, 0.25) is 0 Å². The standard InChI is InChI=1S/C20H27BrF4N2O2S/c1-18(2,3)30(28)26-17(20(23,24)25)13-9-27(10-19(4,5)11-29-6)16-8-14(21)15(22)7-12(13)16/h7-9,17,26H,10-11H2,1-6H3/t17-,30-/m0/s1. The van der Waals surface area contributed by atoms with Crippen LogP contribution in [0.5, 0.6) is 0 Å². The minimum absolute atomic E-state index is 0.115. The molecule has 0 bridgehead atoms. The lowest BCUT2D eigenvalue weighted by molar-refractivity contribution is -0.152. The van der Waals surface area contributed by atoms with Crippen molar-refractivity contribution >= 4 is 38.2 Å². The molecule has 10 heteroatoms. The van der Waals surface area contributed by atoms with Crippen molar-refractivity contribution in [3.8, 4) is 0 Å². The number of benzene rings is 1. The lowest BCUT2D eigenvalue weighted by atomic mass is 9.95. The Morgan fingerprint density at radius 2 is 1.80 bits per heavy atom. The zero-order valence-corrected chi connectivity index (χ0v) is 20.2. The van der Waals surface area contributed by atoms with Crippen molar-refractivity contribution in [3.63, 3.8) is 0 Å². The van der Waals surface area contributed by atoms with Crippen LogP contribution < -0.4 is 4.72 Å². The van der Waals surface area contributed by atoms with Crippen LogP contribution in [-0.2, 0) is 22.6 Å². The first-order valence-corrected chi connectivity index (χ1v) is 11.2. The summed E-state index contributed by atoms with van der Waals surface area (Å²) in [6.45, 7) is 9.33. The maximum absolute atomic E-state index is 14.3. The first-order valence-electron chi connectivity index (χ1n) is 9.28. The summed E-state index contributed by atoms with van der Waals surface area (Å²) < 4.78 is 77.1. The van der Waals surface area contributed by atoms with Gasteiger partial charge in [-0.25, -0.2) is 4.39 Å². The average molecular weight is 515 g/mol. The average Bonchev–Trinajstić information content (AvgIpc) is 2.87. The van der Waals surface area contributed by atoms with Crippen LogP contribution in [0.25, 0.3) is 10.9 Å². The Morgan fingerprint density at radius 3 is 2.30 bits per heavy atom. The Labute approximate surface area is 185 Å². The molecule has 0 saturated heterocycles. The topological polar surface area (TPSA) is 49.2 Å². The van der Waals surface area contributed by atoms with Gasteiger partial charge in [0.15, 0.2) is 6.04 Å². The Balaban J connectivity index is 2.67. The Hall–Kier alpha value is -0.810. The highest BCUT2D eigenvalue weighted by Gasteiger charge is 2.47. The molecule has 30 heavy (non-hydrogen) atoms. The molecule has 1 aromatic heterocycles. The summed E-state index contributed by atoms with van der Waals surface area (Å²) in [4.78, 5) is 0. The van der Waals surface area contributed by atoms with Crippen LogP contribution in [0.2, 0.25) is 0 Å². The molecular weight excluding hydrogens is 488 g/mol. The third kappa shape index (κ3) is 5.91. The second-order valence-electron chi connectivity index (χ2n) is 9.07. The molecule has 1 heterocycles. The van der Waals surface area contributed by atoms with E-state index in [0.717, 1.165) is 6.07 Å². The second kappa shape index (κ2) is 8.97. The third-order valence-corrected chi connectivity index (χ3v) is 6.68. The summed E-state index contributed by atoms with van der Waals surface area (Å²) in [5, 5.41) is 0.115. The molecule has 0 amide bonds. The monoisotopic (exact) mass is 514 g/mol. The van der Waals surface area contributed by atoms with E-state index in [0.29, 0.717) is 18.7 Å². The highest BCUT2D eigenvalue weighted by molar-refractivity contribution is 9.10. The number of hydrogen-bond donors (Lipinski definition) is 1. The molecule has 0 spiro atoms. The van der Waals surface area contributed by atoms with Crippen LogP contribution in [0.15, 0.2) is 22.8 Å². The molecule has 1 N–H and O–H groups in total. The number of rotatable bonds is 7. The second-order valence-corrected chi connectivity index (χ2v) is 11.9. The van der Waals surface area contributed by atoms with E-state index in [-0.39, 0.29) is 20.8 Å². The minimum Gasteiger partial charge on any atom is -0.598 e. The summed E-state index contributed by atoms with van der Waals surface area (Å²) in [6.07, 6.45) is -3.37. The Kier molecular flexibility index (Phi) is 7.61. The fourth-order valence-electron chi connectivity index (χ4n) is 3.16. The van der Waals surface area contributed by atoms with E-state index in [1.54, 1.807) is 32.4 Å². The number of halogens is 5. The van der Waals surface area contributed by atoms with E-state index in [2.05, 4.69) is 20.7 Å². The number of aromatic nitrogens is 1. The molecule has 4 nitrogen and oxygen atoms in total. The van der Waals surface area contributed by atoms with E-state index in [4.69, 9.17) is 4.74 Å². The molecule has 0 aliphatic heterocycles. The molecule has 0 aliphatic rings. The van der Waals surface area contributed by atoms with Crippen molar-refractivity contribution in [2.24, 2.45) is 5.41 Å². The number of methoxy groups -OCH3 is 1. The van der Waals surface area contributed by atoms with Crippen LogP contribution in [-0.4, -0.2) is 33.8 Å². The molecular formula is C20H27BrF4N2O2S. The number of hydrogen-bond acceptors (Lipinski definition) is 3. The van der Waals surface area contributed by atoms with Gasteiger partial charge in [0, 0.05) is 53.1 Å². The summed E-state index contributed by atoms with van der Waals surface area (Å²) in [5.74, 6) is -0.671. The number of nitrogens with one attached hydrogen (secondary N) is 1. The van der Waals surface area contributed by atoms with Gasteiger partial charge in [-0.2, -0.15) is 13.2 Å². The number of alkyl halides is 3. The van der Waals surface area contributed by atoms with E-state index in [1.165, 1.54) is 12.3 Å². The zero-order chi connectivity index (χ0) is 23.1. The Morgan fingerprint density at radius 1 is 1.20 bits per heavy atom. The fraction of sp³-hybridized carbons (Fsp3) is 0.600. The van der Waals surface area contributed by atoms with Gasteiger partial charge in [0.05, 0.1) is 11.1 Å². The SMILES string of the molecule is COCC(C)(C)Cn1cc([C@H](N[S@@+]([O-])C(C)(C)C)C(F)(F)F)c2cc(F)c(Br)cc21. The van der Waals surface area contributed by atoms with Crippen molar-refractivity contribution in [3.05, 3.63) is 34.2 Å². The van der Waals surface area contributed by atoms with Crippen LogP contribution in [0, 0.1) is 11.2 Å². The smallest absolute Gasteiger partial charge is 0.412 e. The van der Waals surface area contributed by atoms with Crippen molar-refractivity contribution in [1.82, 2.24) is 9.29 Å². The number of fused-ring (bicyclic) bond motifs is 1. The predicted molar refractivity (Wildman–Crippen MR) is 115 cm³/mol. The lowest BCUT2D eigenvalue weighted by Crippen LogP contribution is -2.45. The van der Waals surface area contributed by atoms with Crippen LogP contribution in [0.4, 0.5) is 17.6 Å². The molecule has 0 saturated carbocycles. The van der Waals surface area contributed by atoms with E-state index in [1.807, 2.05) is 13.8 Å². The lowest BCUT2D eigenvalue weighted by Gasteiger charge is -2.29. The molecule has 0 fully saturated rings. The predicted octanol–water partition coefficient (Wildman–Crippen LogP) is 5.87. The number of ether oxygens (including phenoxy) is 1. The molecule has 0 aliphatic carbocycles. The van der Waals surface area contributed by atoms with Crippen LogP contribution in [0.1, 0.15) is 46.2 Å². The fourth-order valence-corrected chi connectivity index (χ4v) is 4.32. The number of nitrogens with zero attached hydrogens (tertiary/aromatic N) is 1. The zero-order valence-electron chi connectivity index (χ0n) is 17.8. The quantitative estimate of drug-likeness (QED) is 0.371. The summed E-state index contributed by atoms with van der Waals surface area (Å²) in [6, 6.07) is 0.327.